The van der Waals surface area contributed by atoms with E-state index in [9.17, 15) is 9.59 Å². The molecule has 0 spiro atoms. The van der Waals surface area contributed by atoms with Crippen molar-refractivity contribution in [3.8, 4) is 0 Å². The molecule has 1 heterocycles. The predicted octanol–water partition coefficient (Wildman–Crippen LogP) is 3.49. The summed E-state index contributed by atoms with van der Waals surface area (Å²) in [5.74, 6) is -0.457. The molecule has 0 saturated carbocycles. The molecule has 1 amide bonds. The van der Waals surface area contributed by atoms with Crippen LogP contribution in [-0.4, -0.2) is 15.7 Å². The fraction of sp³-hybridized carbons (Fsp3) is 0.0625. The van der Waals surface area contributed by atoms with Crippen molar-refractivity contribution in [1.82, 2.24) is 9.78 Å². The summed E-state index contributed by atoms with van der Waals surface area (Å²) in [6, 6.07) is 11.6. The third kappa shape index (κ3) is 2.93. The number of hydrogen-bond acceptors (Lipinski definition) is 3. The van der Waals surface area contributed by atoms with Gasteiger partial charge in [-0.25, -0.2) is 4.68 Å². The van der Waals surface area contributed by atoms with Crippen molar-refractivity contribution in [1.29, 1.82) is 0 Å². The molecule has 0 aliphatic heterocycles. The van der Waals surface area contributed by atoms with Crippen molar-refractivity contribution >= 4 is 45.6 Å². The summed E-state index contributed by atoms with van der Waals surface area (Å²) in [6.45, 7) is 0. The van der Waals surface area contributed by atoms with Gasteiger partial charge in [0, 0.05) is 17.5 Å². The molecule has 0 aliphatic carbocycles. The highest BCUT2D eigenvalue weighted by Crippen LogP contribution is 2.26. The third-order valence-electron chi connectivity index (χ3n) is 3.35. The highest BCUT2D eigenvalue weighted by molar-refractivity contribution is 6.36. The van der Waals surface area contributed by atoms with Gasteiger partial charge in [0.15, 0.2) is 5.69 Å². The zero-order valence-electron chi connectivity index (χ0n) is 12.0. The van der Waals surface area contributed by atoms with Crippen molar-refractivity contribution in [3.63, 3.8) is 0 Å². The Balaban J connectivity index is 2.08. The van der Waals surface area contributed by atoms with Gasteiger partial charge in [-0.15, -0.1) is 0 Å². The summed E-state index contributed by atoms with van der Waals surface area (Å²) in [7, 11) is 1.50. The van der Waals surface area contributed by atoms with Crippen LogP contribution >= 0.6 is 23.2 Å². The summed E-state index contributed by atoms with van der Waals surface area (Å²) in [4.78, 5) is 24.6. The largest absolute Gasteiger partial charge is 0.319 e. The van der Waals surface area contributed by atoms with Gasteiger partial charge >= 0.3 is 0 Å². The fourth-order valence-electron chi connectivity index (χ4n) is 2.24. The highest BCUT2D eigenvalue weighted by Gasteiger charge is 2.16. The van der Waals surface area contributed by atoms with Gasteiger partial charge in [-0.3, -0.25) is 9.59 Å². The Labute approximate surface area is 141 Å². The second-order valence-electron chi connectivity index (χ2n) is 4.90. The topological polar surface area (TPSA) is 64.0 Å². The van der Waals surface area contributed by atoms with E-state index in [1.165, 1.54) is 13.1 Å². The van der Waals surface area contributed by atoms with Crippen LogP contribution in [0.25, 0.3) is 10.8 Å². The number of carbonyl (C=O) groups is 1. The number of nitrogens with one attached hydrogen (secondary N) is 1. The Morgan fingerprint density at radius 3 is 2.52 bits per heavy atom. The fourth-order valence-corrected chi connectivity index (χ4v) is 2.70. The number of nitrogens with zero attached hydrogens (tertiary/aromatic N) is 2. The molecule has 2 aromatic carbocycles. The molecule has 3 rings (SSSR count). The van der Waals surface area contributed by atoms with E-state index in [2.05, 4.69) is 10.4 Å². The highest BCUT2D eigenvalue weighted by atomic mass is 35.5. The van der Waals surface area contributed by atoms with Crippen molar-refractivity contribution in [2.45, 2.75) is 0 Å². The molecule has 3 aromatic rings. The minimum atomic E-state index is -0.457. The van der Waals surface area contributed by atoms with Gasteiger partial charge in [0.1, 0.15) is 0 Å². The number of halogens is 2. The predicted molar refractivity (Wildman–Crippen MR) is 91.4 cm³/mol. The van der Waals surface area contributed by atoms with Crippen molar-refractivity contribution in [3.05, 3.63) is 68.6 Å². The lowest BCUT2D eigenvalue weighted by atomic mass is 10.1. The first-order valence-electron chi connectivity index (χ1n) is 6.70. The van der Waals surface area contributed by atoms with Gasteiger partial charge in [0.25, 0.3) is 11.5 Å². The lowest BCUT2D eigenvalue weighted by Crippen LogP contribution is -2.25. The van der Waals surface area contributed by atoms with E-state index < -0.39 is 5.91 Å². The van der Waals surface area contributed by atoms with E-state index in [0.29, 0.717) is 26.5 Å². The summed E-state index contributed by atoms with van der Waals surface area (Å²) in [5.41, 5.74) is 0.302. The van der Waals surface area contributed by atoms with Crippen LogP contribution in [-0.2, 0) is 7.05 Å². The third-order valence-corrected chi connectivity index (χ3v) is 3.90. The molecule has 1 N–H and O–H groups in total. The maximum Gasteiger partial charge on any atom is 0.276 e. The molecule has 0 bridgehead atoms. The molecule has 5 nitrogen and oxygen atoms in total. The summed E-state index contributed by atoms with van der Waals surface area (Å²) >= 11 is 11.9. The molecular formula is C16H11Cl2N3O2. The van der Waals surface area contributed by atoms with Gasteiger partial charge in [-0.05, 0) is 24.3 Å². The van der Waals surface area contributed by atoms with Gasteiger partial charge in [0.2, 0.25) is 0 Å². The number of aryl methyl sites for hydroxylation is 1. The number of fused-ring (bicyclic) bond motifs is 1. The standard InChI is InChI=1S/C16H11Cl2N3O2/c1-21-16(23)11-5-3-2-4-10(11)14(20-21)15(22)19-13-7-6-9(17)8-12(13)18/h2-8H,1H3,(H,19,22). The number of anilines is 1. The molecule has 0 atom stereocenters. The lowest BCUT2D eigenvalue weighted by Gasteiger charge is -2.10. The maximum absolute atomic E-state index is 12.5. The summed E-state index contributed by atoms with van der Waals surface area (Å²) in [5, 5.41) is 8.46. The summed E-state index contributed by atoms with van der Waals surface area (Å²) < 4.78 is 1.14. The Bertz CT molecular complexity index is 983. The zero-order chi connectivity index (χ0) is 16.6. The Morgan fingerprint density at radius 1 is 1.13 bits per heavy atom. The normalized spacial score (nSPS) is 10.7. The van der Waals surface area contributed by atoms with Crippen molar-refractivity contribution in [2.75, 3.05) is 5.32 Å². The molecule has 116 valence electrons. The van der Waals surface area contributed by atoms with Crippen LogP contribution in [0.3, 0.4) is 0 Å². The molecule has 0 saturated heterocycles. The number of benzene rings is 2. The van der Waals surface area contributed by atoms with E-state index in [4.69, 9.17) is 23.2 Å². The second kappa shape index (κ2) is 6.02. The minimum Gasteiger partial charge on any atom is -0.319 e. The number of hydrogen-bond donors (Lipinski definition) is 1. The van der Waals surface area contributed by atoms with E-state index in [0.717, 1.165) is 4.68 Å². The second-order valence-corrected chi connectivity index (χ2v) is 5.74. The summed E-state index contributed by atoms with van der Waals surface area (Å²) in [6.07, 6.45) is 0. The molecule has 0 aliphatic rings. The van der Waals surface area contributed by atoms with Crippen LogP contribution in [0.1, 0.15) is 10.5 Å². The van der Waals surface area contributed by atoms with Gasteiger partial charge in [-0.2, -0.15) is 5.10 Å². The molecule has 0 fully saturated rings. The van der Waals surface area contributed by atoms with Gasteiger partial charge in [-0.1, -0.05) is 41.4 Å². The Morgan fingerprint density at radius 2 is 1.83 bits per heavy atom. The van der Waals surface area contributed by atoms with Crippen LogP contribution in [0, 0.1) is 0 Å². The zero-order valence-corrected chi connectivity index (χ0v) is 13.5. The first kappa shape index (κ1) is 15.5. The molecule has 7 heteroatoms. The first-order chi connectivity index (χ1) is 11.0. The molecule has 0 unspecified atom stereocenters. The van der Waals surface area contributed by atoms with E-state index in [-0.39, 0.29) is 11.3 Å². The SMILES string of the molecule is Cn1nc(C(=O)Nc2ccc(Cl)cc2Cl)c2ccccc2c1=O. The first-order valence-corrected chi connectivity index (χ1v) is 7.45. The molecule has 23 heavy (non-hydrogen) atoms. The molecule has 0 radical (unpaired) electrons. The van der Waals surface area contributed by atoms with E-state index in [1.54, 1.807) is 36.4 Å². The van der Waals surface area contributed by atoms with Crippen LogP contribution in [0.4, 0.5) is 5.69 Å². The average molecular weight is 348 g/mol. The lowest BCUT2D eigenvalue weighted by molar-refractivity contribution is 0.102. The van der Waals surface area contributed by atoms with E-state index >= 15 is 0 Å². The van der Waals surface area contributed by atoms with Crippen LogP contribution in [0.5, 0.6) is 0 Å². The van der Waals surface area contributed by atoms with Gasteiger partial charge < -0.3 is 5.32 Å². The Kier molecular flexibility index (Phi) is 4.07. The van der Waals surface area contributed by atoms with Gasteiger partial charge in [0.05, 0.1) is 16.1 Å². The monoisotopic (exact) mass is 347 g/mol. The van der Waals surface area contributed by atoms with Crippen LogP contribution < -0.4 is 10.9 Å². The number of carbonyl (C=O) groups excluding carboxylic acids is 1. The van der Waals surface area contributed by atoms with Crippen molar-refractivity contribution in [2.24, 2.45) is 7.05 Å². The average Bonchev–Trinajstić information content (AvgIpc) is 2.53. The number of amides is 1. The molecule has 1 aromatic heterocycles. The van der Waals surface area contributed by atoms with Crippen molar-refractivity contribution < 1.29 is 4.79 Å². The minimum absolute atomic E-state index is 0.147. The van der Waals surface area contributed by atoms with Crippen LogP contribution in [0.2, 0.25) is 10.0 Å². The van der Waals surface area contributed by atoms with E-state index in [1.807, 2.05) is 0 Å². The number of aromatic nitrogens is 2. The smallest absolute Gasteiger partial charge is 0.276 e. The molecular weight excluding hydrogens is 337 g/mol. The maximum atomic E-state index is 12.5. The Hall–Kier alpha value is -2.37. The quantitative estimate of drug-likeness (QED) is 0.771. The van der Waals surface area contributed by atoms with Crippen LogP contribution in [0.15, 0.2) is 47.3 Å². The number of rotatable bonds is 2.